The fourth-order valence-corrected chi connectivity index (χ4v) is 1.94. The summed E-state index contributed by atoms with van der Waals surface area (Å²) in [6.45, 7) is 1.79. The van der Waals surface area contributed by atoms with Gasteiger partial charge in [0.15, 0.2) is 0 Å². The Morgan fingerprint density at radius 2 is 2.06 bits per heavy atom. The first-order valence-corrected chi connectivity index (χ1v) is 5.55. The van der Waals surface area contributed by atoms with Crippen molar-refractivity contribution in [3.05, 3.63) is 33.8 Å². The van der Waals surface area contributed by atoms with Gasteiger partial charge in [0.25, 0.3) is 0 Å². The molecule has 0 aromatic heterocycles. The zero-order chi connectivity index (χ0) is 12.3. The minimum atomic E-state index is -1.29. The van der Waals surface area contributed by atoms with Gasteiger partial charge in [-0.25, -0.2) is 0 Å². The maximum atomic E-state index is 10.4. The van der Waals surface area contributed by atoms with Gasteiger partial charge in [0.2, 0.25) is 0 Å². The van der Waals surface area contributed by atoms with E-state index in [0.717, 1.165) is 10.0 Å². The Hall–Kier alpha value is -0.910. The van der Waals surface area contributed by atoms with E-state index in [2.05, 4.69) is 15.9 Å². The zero-order valence-corrected chi connectivity index (χ0v) is 10.3. The molecule has 0 saturated heterocycles. The summed E-state index contributed by atoms with van der Waals surface area (Å²) in [5.41, 5.74) is 1.34. The van der Waals surface area contributed by atoms with Gasteiger partial charge in [0, 0.05) is 4.47 Å². The van der Waals surface area contributed by atoms with Crippen LogP contribution in [0.15, 0.2) is 22.7 Å². The van der Waals surface area contributed by atoms with Crippen LogP contribution in [0.5, 0.6) is 0 Å². The van der Waals surface area contributed by atoms with Crippen LogP contribution in [0.1, 0.15) is 23.7 Å². The molecule has 0 heterocycles. The maximum absolute atomic E-state index is 10.4. The molecule has 3 N–H and O–H groups in total. The van der Waals surface area contributed by atoms with Crippen molar-refractivity contribution < 1.29 is 20.1 Å². The lowest BCUT2D eigenvalue weighted by atomic mass is 9.98. The molecule has 0 saturated carbocycles. The highest BCUT2D eigenvalue weighted by molar-refractivity contribution is 9.10. The molecule has 0 aliphatic heterocycles. The molecule has 2 unspecified atom stereocenters. The van der Waals surface area contributed by atoms with Crippen LogP contribution < -0.4 is 0 Å². The average molecular weight is 289 g/mol. The van der Waals surface area contributed by atoms with E-state index < -0.39 is 24.6 Å². The molecule has 0 aliphatic carbocycles. The molecular formula is C11H13BrO4. The van der Waals surface area contributed by atoms with Crippen LogP contribution in [0.2, 0.25) is 0 Å². The van der Waals surface area contributed by atoms with E-state index in [9.17, 15) is 15.0 Å². The second-order valence-corrected chi connectivity index (χ2v) is 4.53. The van der Waals surface area contributed by atoms with Crippen molar-refractivity contribution >= 4 is 21.9 Å². The number of benzene rings is 1. The third-order valence-electron chi connectivity index (χ3n) is 2.30. The Balaban J connectivity index is 2.87. The van der Waals surface area contributed by atoms with E-state index in [1.807, 2.05) is 0 Å². The summed E-state index contributed by atoms with van der Waals surface area (Å²) >= 11 is 3.28. The number of halogens is 1. The zero-order valence-electron chi connectivity index (χ0n) is 8.72. The summed E-state index contributed by atoms with van der Waals surface area (Å²) < 4.78 is 0.869. The van der Waals surface area contributed by atoms with Gasteiger partial charge in [0.05, 0.1) is 12.5 Å². The molecule has 88 valence electrons. The molecule has 1 rings (SSSR count). The minimum Gasteiger partial charge on any atom is -0.481 e. The predicted octanol–water partition coefficient (Wildman–Crippen LogP) is 1.63. The van der Waals surface area contributed by atoms with Gasteiger partial charge in [0.1, 0.15) is 6.10 Å². The first-order valence-electron chi connectivity index (χ1n) is 4.75. The van der Waals surface area contributed by atoms with Crippen molar-refractivity contribution in [1.82, 2.24) is 0 Å². The number of carboxylic acid groups (broad SMARTS) is 1. The van der Waals surface area contributed by atoms with Gasteiger partial charge in [-0.2, -0.15) is 0 Å². The minimum absolute atomic E-state index is 0.476. The lowest BCUT2D eigenvalue weighted by Gasteiger charge is -2.18. The summed E-state index contributed by atoms with van der Waals surface area (Å²) in [6, 6.07) is 5.19. The Morgan fingerprint density at radius 3 is 2.56 bits per heavy atom. The highest BCUT2D eigenvalue weighted by Gasteiger charge is 2.22. The van der Waals surface area contributed by atoms with Crippen LogP contribution in [-0.4, -0.2) is 27.4 Å². The molecule has 1 aromatic carbocycles. The van der Waals surface area contributed by atoms with Gasteiger partial charge in [-0.15, -0.1) is 0 Å². The molecule has 0 amide bonds. The van der Waals surface area contributed by atoms with Crippen LogP contribution >= 0.6 is 15.9 Å². The molecule has 16 heavy (non-hydrogen) atoms. The van der Waals surface area contributed by atoms with E-state index >= 15 is 0 Å². The monoisotopic (exact) mass is 288 g/mol. The second kappa shape index (κ2) is 5.43. The Morgan fingerprint density at radius 1 is 1.44 bits per heavy atom. The number of hydrogen-bond donors (Lipinski definition) is 3. The summed E-state index contributed by atoms with van der Waals surface area (Å²) in [5.74, 6) is -1.14. The van der Waals surface area contributed by atoms with E-state index in [1.165, 1.54) is 0 Å². The van der Waals surface area contributed by atoms with Crippen molar-refractivity contribution in [3.8, 4) is 0 Å². The third-order valence-corrected chi connectivity index (χ3v) is 2.79. The molecule has 1 aromatic rings. The second-order valence-electron chi connectivity index (χ2n) is 3.61. The van der Waals surface area contributed by atoms with Crippen molar-refractivity contribution in [3.63, 3.8) is 0 Å². The first kappa shape index (κ1) is 13.2. The number of hydrogen-bond acceptors (Lipinski definition) is 3. The van der Waals surface area contributed by atoms with Crippen LogP contribution in [0.4, 0.5) is 0 Å². The number of carbonyl (C=O) groups is 1. The first-order chi connectivity index (χ1) is 7.41. The standard InChI is InChI=1S/C11H13BrO4/c1-6-4-7(12)2-3-8(6)11(16)9(13)5-10(14)15/h2-4,9,11,13,16H,5H2,1H3,(H,14,15). The highest BCUT2D eigenvalue weighted by Crippen LogP contribution is 2.25. The van der Waals surface area contributed by atoms with Crippen LogP contribution in [0, 0.1) is 6.92 Å². The summed E-state index contributed by atoms with van der Waals surface area (Å²) in [6.07, 6.45) is -2.95. The maximum Gasteiger partial charge on any atom is 0.306 e. The number of aryl methyl sites for hydroxylation is 1. The van der Waals surface area contributed by atoms with E-state index in [4.69, 9.17) is 5.11 Å². The van der Waals surface area contributed by atoms with Crippen molar-refractivity contribution in [1.29, 1.82) is 0 Å². The SMILES string of the molecule is Cc1cc(Br)ccc1C(O)C(O)CC(=O)O. The number of rotatable bonds is 4. The van der Waals surface area contributed by atoms with Gasteiger partial charge >= 0.3 is 5.97 Å². The number of aliphatic carboxylic acids is 1. The largest absolute Gasteiger partial charge is 0.481 e. The van der Waals surface area contributed by atoms with Gasteiger partial charge in [-0.1, -0.05) is 22.0 Å². The predicted molar refractivity (Wildman–Crippen MR) is 62.1 cm³/mol. The Bertz CT molecular complexity index is 392. The molecule has 5 heteroatoms. The summed E-state index contributed by atoms with van der Waals surface area (Å²) in [5, 5.41) is 27.8. The topological polar surface area (TPSA) is 77.8 Å². The van der Waals surface area contributed by atoms with Crippen molar-refractivity contribution in [2.75, 3.05) is 0 Å². The highest BCUT2D eigenvalue weighted by atomic mass is 79.9. The van der Waals surface area contributed by atoms with Gasteiger partial charge in [-0.05, 0) is 30.2 Å². The quantitative estimate of drug-likeness (QED) is 0.787. The summed E-state index contributed by atoms with van der Waals surface area (Å²) in [4.78, 5) is 10.4. The smallest absolute Gasteiger partial charge is 0.306 e. The fraction of sp³-hybridized carbons (Fsp3) is 0.364. The molecule has 4 nitrogen and oxygen atoms in total. The molecule has 0 aliphatic rings. The van der Waals surface area contributed by atoms with Crippen LogP contribution in [0.3, 0.4) is 0 Å². The van der Waals surface area contributed by atoms with Crippen LogP contribution in [-0.2, 0) is 4.79 Å². The number of carboxylic acids is 1. The van der Waals surface area contributed by atoms with E-state index in [-0.39, 0.29) is 0 Å². The summed E-state index contributed by atoms with van der Waals surface area (Å²) in [7, 11) is 0. The molecule has 0 radical (unpaired) electrons. The van der Waals surface area contributed by atoms with Crippen molar-refractivity contribution in [2.45, 2.75) is 25.6 Å². The number of aliphatic hydroxyl groups excluding tert-OH is 2. The molecule has 0 spiro atoms. The third kappa shape index (κ3) is 3.30. The Kier molecular flexibility index (Phi) is 4.46. The Labute approximate surface area is 102 Å². The van der Waals surface area contributed by atoms with E-state index in [1.54, 1.807) is 25.1 Å². The van der Waals surface area contributed by atoms with Crippen LogP contribution in [0.25, 0.3) is 0 Å². The molecule has 0 bridgehead atoms. The lowest BCUT2D eigenvalue weighted by Crippen LogP contribution is -2.22. The fourth-order valence-electron chi connectivity index (χ4n) is 1.47. The lowest BCUT2D eigenvalue weighted by molar-refractivity contribution is -0.141. The average Bonchev–Trinajstić information content (AvgIpc) is 2.15. The molecule has 2 atom stereocenters. The van der Waals surface area contributed by atoms with Crippen molar-refractivity contribution in [2.24, 2.45) is 0 Å². The number of aliphatic hydroxyl groups is 2. The van der Waals surface area contributed by atoms with Gasteiger partial charge < -0.3 is 15.3 Å². The normalized spacial score (nSPS) is 14.5. The molecular weight excluding hydrogens is 276 g/mol. The molecule has 0 fully saturated rings. The van der Waals surface area contributed by atoms with E-state index in [0.29, 0.717) is 5.56 Å². The van der Waals surface area contributed by atoms with Gasteiger partial charge in [-0.3, -0.25) is 4.79 Å².